The van der Waals surface area contributed by atoms with Gasteiger partial charge in [-0.15, -0.1) is 11.8 Å². The van der Waals surface area contributed by atoms with Crippen molar-refractivity contribution in [2.24, 2.45) is 0 Å². The fraction of sp³-hybridized carbons (Fsp3) is 0.346. The number of nitrogens with zero attached hydrogens (tertiary/aromatic N) is 2. The van der Waals surface area contributed by atoms with Gasteiger partial charge in [-0.3, -0.25) is 14.9 Å². The highest BCUT2D eigenvalue weighted by Gasteiger charge is 2.23. The molecule has 1 unspecified atom stereocenters. The second-order valence-electron chi connectivity index (χ2n) is 8.39. The Morgan fingerprint density at radius 1 is 1.17 bits per heavy atom. The SMILES string of the molecule is COCC(C)Oc1cc(Oc2ccc(SC)cc2)cc(C(=O)Nc2nc3c(s2)CN(C(C)=O)CC3)c1. The number of hydrogen-bond donors (Lipinski definition) is 1. The molecule has 1 aromatic heterocycles. The average molecular weight is 528 g/mol. The first-order valence-electron chi connectivity index (χ1n) is 11.5. The lowest BCUT2D eigenvalue weighted by Crippen LogP contribution is -2.33. The van der Waals surface area contributed by atoms with Crippen molar-refractivity contribution in [1.82, 2.24) is 9.88 Å². The quantitative estimate of drug-likeness (QED) is 0.381. The molecule has 0 saturated carbocycles. The van der Waals surface area contributed by atoms with Crippen LogP contribution in [0.1, 0.15) is 34.8 Å². The van der Waals surface area contributed by atoms with Crippen molar-refractivity contribution < 1.29 is 23.8 Å². The predicted molar refractivity (Wildman–Crippen MR) is 142 cm³/mol. The summed E-state index contributed by atoms with van der Waals surface area (Å²) in [6.45, 7) is 5.02. The van der Waals surface area contributed by atoms with Crippen LogP contribution in [0.5, 0.6) is 17.2 Å². The Morgan fingerprint density at radius 3 is 2.61 bits per heavy atom. The summed E-state index contributed by atoms with van der Waals surface area (Å²) in [4.78, 5) is 33.4. The maximum absolute atomic E-state index is 13.2. The number of ether oxygens (including phenoxy) is 3. The largest absolute Gasteiger partial charge is 0.488 e. The molecule has 0 saturated heterocycles. The number of thiazole rings is 1. The van der Waals surface area contributed by atoms with Crippen LogP contribution >= 0.6 is 23.1 Å². The first kappa shape index (κ1) is 26.0. The average Bonchev–Trinajstić information content (AvgIpc) is 3.26. The highest BCUT2D eigenvalue weighted by Crippen LogP contribution is 2.31. The van der Waals surface area contributed by atoms with Gasteiger partial charge < -0.3 is 19.1 Å². The molecule has 10 heteroatoms. The van der Waals surface area contributed by atoms with Gasteiger partial charge in [0.2, 0.25) is 5.91 Å². The highest BCUT2D eigenvalue weighted by molar-refractivity contribution is 7.98. The minimum Gasteiger partial charge on any atom is -0.488 e. The van der Waals surface area contributed by atoms with Gasteiger partial charge in [0, 0.05) is 48.4 Å². The number of hydrogen-bond acceptors (Lipinski definition) is 8. The van der Waals surface area contributed by atoms with Gasteiger partial charge in [0.05, 0.1) is 18.8 Å². The third-order valence-corrected chi connectivity index (χ3v) is 7.31. The molecular formula is C26H29N3O5S2. The minimum absolute atomic E-state index is 0.0368. The maximum atomic E-state index is 13.2. The summed E-state index contributed by atoms with van der Waals surface area (Å²) in [5, 5.41) is 3.40. The molecule has 0 bridgehead atoms. The number of fused-ring (bicyclic) bond motifs is 1. The number of rotatable bonds is 9. The molecule has 0 fully saturated rings. The van der Waals surface area contributed by atoms with Gasteiger partial charge in [0.25, 0.3) is 5.91 Å². The molecule has 4 rings (SSSR count). The Morgan fingerprint density at radius 2 is 1.92 bits per heavy atom. The highest BCUT2D eigenvalue weighted by atomic mass is 32.2. The molecule has 1 aliphatic heterocycles. The van der Waals surface area contributed by atoms with Crippen molar-refractivity contribution in [3.63, 3.8) is 0 Å². The lowest BCUT2D eigenvalue weighted by Gasteiger charge is -2.24. The molecule has 1 N–H and O–H groups in total. The van der Waals surface area contributed by atoms with Crippen LogP contribution in [0.4, 0.5) is 5.13 Å². The number of methoxy groups -OCH3 is 1. The summed E-state index contributed by atoms with van der Waals surface area (Å²) in [5.74, 6) is 1.35. The van der Waals surface area contributed by atoms with Gasteiger partial charge in [-0.2, -0.15) is 0 Å². The summed E-state index contributed by atoms with van der Waals surface area (Å²) in [6, 6.07) is 12.8. The Hall–Kier alpha value is -3.08. The zero-order valence-electron chi connectivity index (χ0n) is 20.7. The van der Waals surface area contributed by atoms with Crippen molar-refractivity contribution in [2.75, 3.05) is 31.8 Å². The maximum Gasteiger partial charge on any atom is 0.257 e. The number of carbonyl (C=O) groups is 2. The van der Waals surface area contributed by atoms with Crippen LogP contribution in [0.25, 0.3) is 0 Å². The smallest absolute Gasteiger partial charge is 0.257 e. The number of aromatic nitrogens is 1. The number of anilines is 1. The van der Waals surface area contributed by atoms with Gasteiger partial charge in [0.15, 0.2) is 5.13 Å². The van der Waals surface area contributed by atoms with E-state index in [0.717, 1.165) is 15.5 Å². The normalized spacial score (nSPS) is 13.6. The van der Waals surface area contributed by atoms with Crippen molar-refractivity contribution in [2.45, 2.75) is 37.8 Å². The Bertz CT molecular complexity index is 1230. The zero-order chi connectivity index (χ0) is 25.7. The summed E-state index contributed by atoms with van der Waals surface area (Å²) >= 11 is 3.04. The van der Waals surface area contributed by atoms with E-state index in [4.69, 9.17) is 14.2 Å². The topological polar surface area (TPSA) is 90.0 Å². The van der Waals surface area contributed by atoms with Crippen molar-refractivity contribution in [3.05, 3.63) is 58.6 Å². The molecule has 1 atom stereocenters. The van der Waals surface area contributed by atoms with E-state index in [1.54, 1.807) is 48.9 Å². The number of carbonyl (C=O) groups excluding carboxylic acids is 2. The Kier molecular flexibility index (Phi) is 8.50. The molecule has 1 aliphatic rings. The fourth-order valence-electron chi connectivity index (χ4n) is 3.80. The van der Waals surface area contributed by atoms with Gasteiger partial charge >= 0.3 is 0 Å². The van der Waals surface area contributed by atoms with Gasteiger partial charge in [-0.25, -0.2) is 4.98 Å². The standard InChI is InChI=1S/C26H29N3O5S2/c1-16(15-32-3)33-20-11-18(12-21(13-20)34-19-5-7-22(35-4)8-6-19)25(31)28-26-27-23-9-10-29(17(2)30)14-24(23)36-26/h5-8,11-13,16H,9-10,14-15H2,1-4H3,(H,27,28,31). The zero-order valence-corrected chi connectivity index (χ0v) is 22.3. The Labute approximate surface area is 219 Å². The summed E-state index contributed by atoms with van der Waals surface area (Å²) in [5.41, 5.74) is 1.31. The molecule has 8 nitrogen and oxygen atoms in total. The fourth-order valence-corrected chi connectivity index (χ4v) is 5.22. The van der Waals surface area contributed by atoms with Gasteiger partial charge in [0.1, 0.15) is 23.4 Å². The Balaban J connectivity index is 1.55. The minimum atomic E-state index is -0.322. The first-order valence-corrected chi connectivity index (χ1v) is 13.6. The third-order valence-electron chi connectivity index (χ3n) is 5.57. The summed E-state index contributed by atoms with van der Waals surface area (Å²) in [7, 11) is 1.61. The monoisotopic (exact) mass is 527 g/mol. The molecule has 0 aliphatic carbocycles. The van der Waals surface area contributed by atoms with E-state index in [2.05, 4.69) is 10.3 Å². The predicted octanol–water partition coefficient (Wildman–Crippen LogP) is 5.23. The van der Waals surface area contributed by atoms with E-state index in [1.165, 1.54) is 11.3 Å². The van der Waals surface area contributed by atoms with E-state index in [0.29, 0.717) is 54.1 Å². The number of amides is 2. The second kappa shape index (κ2) is 11.8. The van der Waals surface area contributed by atoms with Crippen LogP contribution in [-0.4, -0.2) is 54.3 Å². The van der Waals surface area contributed by atoms with E-state index < -0.39 is 0 Å². The number of nitrogens with one attached hydrogen (secondary N) is 1. The van der Waals surface area contributed by atoms with Crippen LogP contribution in [0.2, 0.25) is 0 Å². The van der Waals surface area contributed by atoms with Crippen LogP contribution in [0, 0.1) is 0 Å². The van der Waals surface area contributed by atoms with Crippen molar-refractivity contribution in [1.29, 1.82) is 0 Å². The molecule has 2 aromatic carbocycles. The molecule has 36 heavy (non-hydrogen) atoms. The van der Waals surface area contributed by atoms with Crippen molar-refractivity contribution in [3.8, 4) is 17.2 Å². The molecular weight excluding hydrogens is 498 g/mol. The van der Waals surface area contributed by atoms with Crippen LogP contribution < -0.4 is 14.8 Å². The van der Waals surface area contributed by atoms with Crippen LogP contribution in [-0.2, 0) is 22.5 Å². The van der Waals surface area contributed by atoms with Gasteiger partial charge in [-0.05, 0) is 49.6 Å². The molecule has 3 aromatic rings. The molecule has 2 amide bonds. The lowest BCUT2D eigenvalue weighted by molar-refractivity contribution is -0.129. The molecule has 2 heterocycles. The van der Waals surface area contributed by atoms with E-state index in [1.807, 2.05) is 37.4 Å². The third kappa shape index (κ3) is 6.57. The molecule has 0 radical (unpaired) electrons. The van der Waals surface area contributed by atoms with Gasteiger partial charge in [-0.1, -0.05) is 11.3 Å². The van der Waals surface area contributed by atoms with Crippen LogP contribution in [0.3, 0.4) is 0 Å². The summed E-state index contributed by atoms with van der Waals surface area (Å²) < 4.78 is 17.2. The van der Waals surface area contributed by atoms with E-state index >= 15 is 0 Å². The molecule has 0 spiro atoms. The van der Waals surface area contributed by atoms with E-state index in [9.17, 15) is 9.59 Å². The second-order valence-corrected chi connectivity index (χ2v) is 10.4. The molecule has 190 valence electrons. The number of thioether (sulfide) groups is 1. The lowest BCUT2D eigenvalue weighted by atomic mass is 10.2. The summed E-state index contributed by atoms with van der Waals surface area (Å²) in [6.07, 6.45) is 2.48. The van der Waals surface area contributed by atoms with Crippen LogP contribution in [0.15, 0.2) is 47.4 Å². The van der Waals surface area contributed by atoms with Crippen molar-refractivity contribution >= 4 is 40.0 Å². The number of benzene rings is 2. The first-order chi connectivity index (χ1) is 17.3. The van der Waals surface area contributed by atoms with E-state index in [-0.39, 0.29) is 17.9 Å².